The van der Waals surface area contributed by atoms with Gasteiger partial charge >= 0.3 is 0 Å². The molecule has 0 atom stereocenters. The van der Waals surface area contributed by atoms with Gasteiger partial charge in [-0.2, -0.15) is 0 Å². The number of thiophene rings is 1. The number of aryl methyl sites for hydroxylation is 1. The lowest BCUT2D eigenvalue weighted by atomic mass is 10.2. The predicted molar refractivity (Wildman–Crippen MR) is 83.1 cm³/mol. The first-order valence-corrected chi connectivity index (χ1v) is 7.61. The number of carbonyl (C=O) groups excluding carboxylic acids is 1. The van der Waals surface area contributed by atoms with Gasteiger partial charge in [-0.15, -0.1) is 23.7 Å². The van der Waals surface area contributed by atoms with Crippen molar-refractivity contribution in [3.8, 4) is 0 Å². The average molecular weight is 303 g/mol. The van der Waals surface area contributed by atoms with E-state index < -0.39 is 0 Å². The number of hydrogen-bond acceptors (Lipinski definition) is 3. The van der Waals surface area contributed by atoms with Gasteiger partial charge in [-0.1, -0.05) is 6.42 Å². The molecule has 1 N–H and O–H groups in total. The second-order valence-electron chi connectivity index (χ2n) is 4.88. The third-order valence-electron chi connectivity index (χ3n) is 3.33. The highest BCUT2D eigenvalue weighted by molar-refractivity contribution is 7.11. The highest BCUT2D eigenvalue weighted by atomic mass is 35.5. The maximum atomic E-state index is 11.8. The molecule has 108 valence electrons. The minimum Gasteiger partial charge on any atom is -0.341 e. The maximum absolute atomic E-state index is 11.8. The number of carbonyl (C=O) groups is 1. The van der Waals surface area contributed by atoms with Crippen molar-refractivity contribution >= 4 is 29.7 Å². The summed E-state index contributed by atoms with van der Waals surface area (Å²) in [5, 5.41) is 3.42. The van der Waals surface area contributed by atoms with Crippen molar-refractivity contribution in [1.82, 2.24) is 10.2 Å². The van der Waals surface area contributed by atoms with Crippen LogP contribution in [0, 0.1) is 6.92 Å². The summed E-state index contributed by atoms with van der Waals surface area (Å²) >= 11 is 1.83. The number of halogens is 1. The Kier molecular flexibility index (Phi) is 7.42. The van der Waals surface area contributed by atoms with E-state index in [2.05, 4.69) is 24.4 Å². The molecule has 2 rings (SSSR count). The molecular weight excluding hydrogens is 280 g/mol. The summed E-state index contributed by atoms with van der Waals surface area (Å²) in [6, 6.07) is 4.32. The average Bonchev–Trinajstić information content (AvgIpc) is 2.65. The molecule has 3 nitrogen and oxygen atoms in total. The molecule has 0 spiro atoms. The van der Waals surface area contributed by atoms with Crippen LogP contribution in [0.25, 0.3) is 0 Å². The molecule has 1 saturated heterocycles. The zero-order valence-corrected chi connectivity index (χ0v) is 13.1. The fraction of sp³-hybridized carbons (Fsp3) is 0.643. The molecule has 5 heteroatoms. The summed E-state index contributed by atoms with van der Waals surface area (Å²) in [6.07, 6.45) is 4.17. The van der Waals surface area contributed by atoms with Crippen LogP contribution in [-0.4, -0.2) is 30.4 Å². The Balaban J connectivity index is 0.00000180. The fourth-order valence-electron chi connectivity index (χ4n) is 2.28. The fourth-order valence-corrected chi connectivity index (χ4v) is 3.14. The number of likely N-dealkylation sites (tertiary alicyclic amines) is 1. The van der Waals surface area contributed by atoms with Crippen molar-refractivity contribution in [3.05, 3.63) is 21.9 Å². The summed E-state index contributed by atoms with van der Waals surface area (Å²) in [4.78, 5) is 16.5. The first-order chi connectivity index (χ1) is 8.75. The summed E-state index contributed by atoms with van der Waals surface area (Å²) in [6.45, 7) is 5.73. The van der Waals surface area contributed by atoms with Gasteiger partial charge in [-0.25, -0.2) is 0 Å². The van der Waals surface area contributed by atoms with Crippen molar-refractivity contribution in [3.63, 3.8) is 0 Å². The van der Waals surface area contributed by atoms with Crippen LogP contribution in [0.2, 0.25) is 0 Å². The molecule has 19 heavy (non-hydrogen) atoms. The Morgan fingerprint density at radius 1 is 1.32 bits per heavy atom. The molecule has 0 radical (unpaired) electrons. The van der Waals surface area contributed by atoms with Gasteiger partial charge in [0.15, 0.2) is 0 Å². The van der Waals surface area contributed by atoms with Gasteiger partial charge in [0.2, 0.25) is 5.91 Å². The van der Waals surface area contributed by atoms with Crippen molar-refractivity contribution in [1.29, 1.82) is 0 Å². The van der Waals surface area contributed by atoms with Crippen molar-refractivity contribution in [2.24, 2.45) is 0 Å². The van der Waals surface area contributed by atoms with Crippen LogP contribution in [0.15, 0.2) is 12.1 Å². The summed E-state index contributed by atoms with van der Waals surface area (Å²) in [5.74, 6) is 0.335. The molecule has 1 aromatic heterocycles. The van der Waals surface area contributed by atoms with Crippen molar-refractivity contribution in [2.75, 3.05) is 19.6 Å². The van der Waals surface area contributed by atoms with Crippen LogP contribution in [-0.2, 0) is 11.3 Å². The molecule has 0 aliphatic carbocycles. The second-order valence-corrected chi connectivity index (χ2v) is 6.25. The Bertz CT molecular complexity index is 395. The molecule has 1 aliphatic heterocycles. The van der Waals surface area contributed by atoms with Crippen LogP contribution in [0.3, 0.4) is 0 Å². The van der Waals surface area contributed by atoms with E-state index in [4.69, 9.17) is 0 Å². The van der Waals surface area contributed by atoms with E-state index in [0.29, 0.717) is 5.91 Å². The normalized spacial score (nSPS) is 16.1. The lowest BCUT2D eigenvalue weighted by Crippen LogP contribution is -2.36. The topological polar surface area (TPSA) is 32.3 Å². The molecule has 1 aromatic rings. The van der Waals surface area contributed by atoms with Gasteiger partial charge < -0.3 is 10.2 Å². The predicted octanol–water partition coefficient (Wildman–Crippen LogP) is 2.97. The number of rotatable bonds is 5. The SMILES string of the molecule is Cc1ccc(CNCCN2CCCCCC2=O)s1.Cl. The minimum atomic E-state index is 0. The lowest BCUT2D eigenvalue weighted by Gasteiger charge is -2.20. The van der Waals surface area contributed by atoms with Gasteiger partial charge in [0, 0.05) is 42.4 Å². The van der Waals surface area contributed by atoms with Crippen LogP contribution >= 0.6 is 23.7 Å². The first kappa shape index (κ1) is 16.5. The summed E-state index contributed by atoms with van der Waals surface area (Å²) in [5.41, 5.74) is 0. The molecule has 0 unspecified atom stereocenters. The molecule has 0 bridgehead atoms. The highest BCUT2D eigenvalue weighted by Gasteiger charge is 2.15. The third-order valence-corrected chi connectivity index (χ3v) is 4.33. The zero-order chi connectivity index (χ0) is 12.8. The van der Waals surface area contributed by atoms with Crippen LogP contribution in [0.5, 0.6) is 0 Å². The van der Waals surface area contributed by atoms with Crippen LogP contribution in [0.1, 0.15) is 35.4 Å². The number of nitrogens with zero attached hydrogens (tertiary/aromatic N) is 1. The number of hydrogen-bond donors (Lipinski definition) is 1. The minimum absolute atomic E-state index is 0. The highest BCUT2D eigenvalue weighted by Crippen LogP contribution is 2.14. The molecular formula is C14H23ClN2OS. The summed E-state index contributed by atoms with van der Waals surface area (Å²) in [7, 11) is 0. The van der Waals surface area contributed by atoms with E-state index in [-0.39, 0.29) is 12.4 Å². The van der Waals surface area contributed by atoms with E-state index in [1.54, 1.807) is 0 Å². The van der Waals surface area contributed by atoms with Gasteiger partial charge in [0.05, 0.1) is 0 Å². The molecule has 1 fully saturated rings. The van der Waals surface area contributed by atoms with E-state index in [9.17, 15) is 4.79 Å². The first-order valence-electron chi connectivity index (χ1n) is 6.79. The smallest absolute Gasteiger partial charge is 0.222 e. The molecule has 0 saturated carbocycles. The van der Waals surface area contributed by atoms with Crippen LogP contribution in [0.4, 0.5) is 0 Å². The third kappa shape index (κ3) is 5.51. The van der Waals surface area contributed by atoms with E-state index >= 15 is 0 Å². The number of nitrogens with one attached hydrogen (secondary N) is 1. The molecule has 1 aliphatic rings. The lowest BCUT2D eigenvalue weighted by molar-refractivity contribution is -0.130. The largest absolute Gasteiger partial charge is 0.341 e. The van der Waals surface area contributed by atoms with E-state index in [1.807, 2.05) is 16.2 Å². The standard InChI is InChI=1S/C14H22N2OS.ClH/c1-12-6-7-13(18-12)11-15-8-10-16-9-4-2-3-5-14(16)17;/h6-7,15H,2-5,8-11H2,1H3;1H. The van der Waals surface area contributed by atoms with Crippen molar-refractivity contribution in [2.45, 2.75) is 39.2 Å². The van der Waals surface area contributed by atoms with Gasteiger partial charge in [0.1, 0.15) is 0 Å². The Morgan fingerprint density at radius 2 is 2.16 bits per heavy atom. The summed E-state index contributed by atoms with van der Waals surface area (Å²) < 4.78 is 0. The van der Waals surface area contributed by atoms with Gasteiger partial charge in [-0.05, 0) is 31.9 Å². The van der Waals surface area contributed by atoms with E-state index in [0.717, 1.165) is 45.4 Å². The Labute approximate surface area is 125 Å². The van der Waals surface area contributed by atoms with Gasteiger partial charge in [-0.3, -0.25) is 4.79 Å². The zero-order valence-electron chi connectivity index (χ0n) is 11.5. The maximum Gasteiger partial charge on any atom is 0.222 e. The second kappa shape index (κ2) is 8.56. The Hall–Kier alpha value is -0.580. The monoisotopic (exact) mass is 302 g/mol. The quantitative estimate of drug-likeness (QED) is 0.848. The molecule has 2 heterocycles. The van der Waals surface area contributed by atoms with Crippen LogP contribution < -0.4 is 5.32 Å². The van der Waals surface area contributed by atoms with Crippen molar-refractivity contribution < 1.29 is 4.79 Å². The number of amides is 1. The van der Waals surface area contributed by atoms with E-state index in [1.165, 1.54) is 16.2 Å². The van der Waals surface area contributed by atoms with Gasteiger partial charge in [0.25, 0.3) is 0 Å². The molecule has 0 aromatic carbocycles. The Morgan fingerprint density at radius 3 is 2.89 bits per heavy atom. The molecule has 1 amide bonds.